The maximum Gasteiger partial charge on any atom is 0.0595 e. The summed E-state index contributed by atoms with van der Waals surface area (Å²) in [5.74, 6) is 0. The van der Waals surface area contributed by atoms with Crippen molar-refractivity contribution in [2.45, 2.75) is 13.0 Å². The van der Waals surface area contributed by atoms with Crippen molar-refractivity contribution < 1.29 is 0 Å². The Kier molecular flexibility index (Phi) is 4.20. The summed E-state index contributed by atoms with van der Waals surface area (Å²) in [7, 11) is 0. The predicted molar refractivity (Wildman–Crippen MR) is 90.3 cm³/mol. The van der Waals surface area contributed by atoms with Crippen LogP contribution in [0.2, 0.25) is 10.0 Å². The Hall–Kier alpha value is -1.48. The average molecular weight is 319 g/mol. The summed E-state index contributed by atoms with van der Waals surface area (Å²) < 4.78 is 2.24. The molecule has 0 amide bonds. The van der Waals surface area contributed by atoms with E-state index in [-0.39, 0.29) is 0 Å². The van der Waals surface area contributed by atoms with Crippen molar-refractivity contribution in [3.8, 4) is 0 Å². The lowest BCUT2D eigenvalue weighted by atomic mass is 10.1. The SMILES string of the molecule is NCCc1cn(Cc2ccc(Cl)c(Cl)c2)c2ccccc12. The van der Waals surface area contributed by atoms with E-state index >= 15 is 0 Å². The molecule has 0 saturated carbocycles. The topological polar surface area (TPSA) is 30.9 Å². The lowest BCUT2D eigenvalue weighted by molar-refractivity contribution is 0.827. The third-order valence-electron chi connectivity index (χ3n) is 3.62. The van der Waals surface area contributed by atoms with Crippen LogP contribution in [-0.4, -0.2) is 11.1 Å². The first-order valence-electron chi connectivity index (χ1n) is 6.90. The van der Waals surface area contributed by atoms with Crippen LogP contribution in [0.15, 0.2) is 48.7 Å². The van der Waals surface area contributed by atoms with Crippen LogP contribution in [-0.2, 0) is 13.0 Å². The summed E-state index contributed by atoms with van der Waals surface area (Å²) in [5, 5.41) is 2.44. The van der Waals surface area contributed by atoms with Crippen LogP contribution in [0.25, 0.3) is 10.9 Å². The van der Waals surface area contributed by atoms with Crippen molar-refractivity contribution in [3.63, 3.8) is 0 Å². The van der Waals surface area contributed by atoms with Gasteiger partial charge in [0.25, 0.3) is 0 Å². The molecule has 0 saturated heterocycles. The molecular formula is C17H16Cl2N2. The van der Waals surface area contributed by atoms with E-state index in [1.165, 1.54) is 16.5 Å². The molecule has 0 aliphatic heterocycles. The van der Waals surface area contributed by atoms with Gasteiger partial charge in [0, 0.05) is 23.6 Å². The highest BCUT2D eigenvalue weighted by atomic mass is 35.5. The first-order chi connectivity index (χ1) is 10.2. The number of nitrogens with two attached hydrogens (primary N) is 1. The second-order valence-corrected chi connectivity index (χ2v) is 5.90. The molecule has 21 heavy (non-hydrogen) atoms. The van der Waals surface area contributed by atoms with Crippen molar-refractivity contribution in [1.82, 2.24) is 4.57 Å². The number of halogens is 2. The number of hydrogen-bond acceptors (Lipinski definition) is 1. The highest BCUT2D eigenvalue weighted by Crippen LogP contribution is 2.26. The minimum absolute atomic E-state index is 0.585. The fourth-order valence-corrected chi connectivity index (χ4v) is 2.96. The molecule has 0 aliphatic rings. The molecule has 2 nitrogen and oxygen atoms in total. The minimum atomic E-state index is 0.585. The molecule has 1 heterocycles. The Labute approximate surface area is 134 Å². The normalized spacial score (nSPS) is 11.2. The zero-order valence-corrected chi connectivity index (χ0v) is 13.0. The first kappa shape index (κ1) is 14.5. The zero-order chi connectivity index (χ0) is 14.8. The zero-order valence-electron chi connectivity index (χ0n) is 11.5. The van der Waals surface area contributed by atoms with Gasteiger partial charge in [0.1, 0.15) is 0 Å². The summed E-state index contributed by atoms with van der Waals surface area (Å²) in [4.78, 5) is 0. The second kappa shape index (κ2) is 6.10. The van der Waals surface area contributed by atoms with Crippen molar-refractivity contribution in [2.75, 3.05) is 6.54 Å². The standard InChI is InChI=1S/C17H16Cl2N2/c18-15-6-5-12(9-16(15)19)10-21-11-13(7-8-20)14-3-1-2-4-17(14)21/h1-6,9,11H,7-8,10,20H2. The van der Waals surface area contributed by atoms with Crippen LogP contribution >= 0.6 is 23.2 Å². The van der Waals surface area contributed by atoms with Gasteiger partial charge in [-0.1, -0.05) is 47.5 Å². The predicted octanol–water partition coefficient (Wildman–Crippen LogP) is 4.50. The van der Waals surface area contributed by atoms with Gasteiger partial charge >= 0.3 is 0 Å². The maximum absolute atomic E-state index is 6.10. The Morgan fingerprint density at radius 1 is 1.00 bits per heavy atom. The number of aromatic nitrogens is 1. The third-order valence-corrected chi connectivity index (χ3v) is 4.36. The van der Waals surface area contributed by atoms with Crippen LogP contribution in [0.1, 0.15) is 11.1 Å². The van der Waals surface area contributed by atoms with Gasteiger partial charge in [0.2, 0.25) is 0 Å². The molecule has 3 aromatic rings. The molecule has 108 valence electrons. The fraction of sp³-hybridized carbons (Fsp3) is 0.176. The molecule has 4 heteroatoms. The average Bonchev–Trinajstić information content (AvgIpc) is 2.82. The largest absolute Gasteiger partial charge is 0.343 e. The molecule has 2 N–H and O–H groups in total. The highest BCUT2D eigenvalue weighted by Gasteiger charge is 2.08. The van der Waals surface area contributed by atoms with E-state index in [9.17, 15) is 0 Å². The number of rotatable bonds is 4. The highest BCUT2D eigenvalue weighted by molar-refractivity contribution is 6.42. The van der Waals surface area contributed by atoms with Crippen molar-refractivity contribution in [1.29, 1.82) is 0 Å². The third kappa shape index (κ3) is 2.93. The van der Waals surface area contributed by atoms with E-state index < -0.39 is 0 Å². The molecular weight excluding hydrogens is 303 g/mol. The molecule has 2 aromatic carbocycles. The van der Waals surface area contributed by atoms with E-state index in [1.807, 2.05) is 18.2 Å². The van der Waals surface area contributed by atoms with Crippen molar-refractivity contribution in [2.24, 2.45) is 5.73 Å². The van der Waals surface area contributed by atoms with Gasteiger partial charge < -0.3 is 10.3 Å². The first-order valence-corrected chi connectivity index (χ1v) is 7.65. The maximum atomic E-state index is 6.10. The fourth-order valence-electron chi connectivity index (χ4n) is 2.64. The molecule has 0 atom stereocenters. The molecule has 0 spiro atoms. The number of benzene rings is 2. The van der Waals surface area contributed by atoms with Crippen LogP contribution in [0.5, 0.6) is 0 Å². The lowest BCUT2D eigenvalue weighted by Gasteiger charge is -2.06. The van der Waals surface area contributed by atoms with Crippen LogP contribution in [0, 0.1) is 0 Å². The molecule has 3 rings (SSSR count). The summed E-state index contributed by atoms with van der Waals surface area (Å²) in [6.45, 7) is 1.42. The Morgan fingerprint density at radius 3 is 2.57 bits per heavy atom. The van der Waals surface area contributed by atoms with Crippen molar-refractivity contribution >= 4 is 34.1 Å². The Morgan fingerprint density at radius 2 is 1.81 bits per heavy atom. The van der Waals surface area contributed by atoms with E-state index in [0.717, 1.165) is 18.5 Å². The molecule has 0 bridgehead atoms. The quantitative estimate of drug-likeness (QED) is 0.754. The van der Waals surface area contributed by atoms with E-state index in [1.54, 1.807) is 0 Å². The molecule has 0 aliphatic carbocycles. The van der Waals surface area contributed by atoms with Gasteiger partial charge in [-0.15, -0.1) is 0 Å². The summed E-state index contributed by atoms with van der Waals surface area (Å²) in [6.07, 6.45) is 3.06. The molecule has 0 radical (unpaired) electrons. The van der Waals surface area contributed by atoms with Crippen molar-refractivity contribution in [3.05, 3.63) is 69.8 Å². The smallest absolute Gasteiger partial charge is 0.0595 e. The minimum Gasteiger partial charge on any atom is -0.343 e. The van der Waals surface area contributed by atoms with Gasteiger partial charge in [0.05, 0.1) is 10.0 Å². The number of fused-ring (bicyclic) bond motifs is 1. The van der Waals surface area contributed by atoms with Gasteiger partial charge in [-0.25, -0.2) is 0 Å². The van der Waals surface area contributed by atoms with Gasteiger partial charge in [-0.2, -0.15) is 0 Å². The van der Waals surface area contributed by atoms with Gasteiger partial charge in [0.15, 0.2) is 0 Å². The summed E-state index contributed by atoms with van der Waals surface area (Å²) in [5.41, 5.74) is 9.34. The number of para-hydroxylation sites is 1. The number of nitrogens with zero attached hydrogens (tertiary/aromatic N) is 1. The van der Waals surface area contributed by atoms with E-state index in [2.05, 4.69) is 35.0 Å². The second-order valence-electron chi connectivity index (χ2n) is 5.09. The summed E-state index contributed by atoms with van der Waals surface area (Å²) >= 11 is 12.1. The molecule has 0 fully saturated rings. The monoisotopic (exact) mass is 318 g/mol. The van der Waals surface area contributed by atoms with Crippen LogP contribution < -0.4 is 5.73 Å². The summed E-state index contributed by atoms with van der Waals surface area (Å²) in [6, 6.07) is 14.2. The molecule has 1 aromatic heterocycles. The Bertz CT molecular complexity index is 778. The van der Waals surface area contributed by atoms with Crippen LogP contribution in [0.3, 0.4) is 0 Å². The van der Waals surface area contributed by atoms with Crippen LogP contribution in [0.4, 0.5) is 0 Å². The Balaban J connectivity index is 2.01. The molecule has 0 unspecified atom stereocenters. The number of hydrogen-bond donors (Lipinski definition) is 1. The lowest BCUT2D eigenvalue weighted by Crippen LogP contribution is -2.02. The van der Waals surface area contributed by atoms with E-state index in [4.69, 9.17) is 28.9 Å². The van der Waals surface area contributed by atoms with Gasteiger partial charge in [-0.3, -0.25) is 0 Å². The van der Waals surface area contributed by atoms with E-state index in [0.29, 0.717) is 16.6 Å². The van der Waals surface area contributed by atoms with Gasteiger partial charge in [-0.05, 0) is 42.3 Å².